The fourth-order valence-corrected chi connectivity index (χ4v) is 4.31. The van der Waals surface area contributed by atoms with E-state index in [-0.39, 0.29) is 4.32 Å². The summed E-state index contributed by atoms with van der Waals surface area (Å²) in [5.74, 6) is -0.364. The third-order valence-electron chi connectivity index (χ3n) is 4.54. The zero-order chi connectivity index (χ0) is 21.7. The third kappa shape index (κ3) is 5.01. The molecular weight excluding hydrogens is 422 g/mol. The summed E-state index contributed by atoms with van der Waals surface area (Å²) in [5, 5.41) is 9.18. The summed E-state index contributed by atoms with van der Waals surface area (Å²) >= 11 is 6.27. The number of methoxy groups -OCH3 is 1. The lowest BCUT2D eigenvalue weighted by atomic mass is 10.1. The molecule has 0 spiro atoms. The van der Waals surface area contributed by atoms with Crippen LogP contribution in [0.1, 0.15) is 18.1 Å². The first-order valence-electron chi connectivity index (χ1n) is 9.25. The second kappa shape index (κ2) is 9.77. The molecule has 2 aromatic rings. The SMILES string of the molecule is COc1cc(/C=C2\SC(=S)N([C@@H](C)C(=O)O)C2=O)ccc1OCCc1ccccc1. The van der Waals surface area contributed by atoms with Crippen LogP contribution in [0.4, 0.5) is 0 Å². The molecule has 1 atom stereocenters. The van der Waals surface area contributed by atoms with Crippen molar-refractivity contribution >= 4 is 46.3 Å². The molecule has 3 rings (SSSR count). The number of hydrogen-bond donors (Lipinski definition) is 1. The average Bonchev–Trinajstić information content (AvgIpc) is 3.01. The monoisotopic (exact) mass is 443 g/mol. The predicted molar refractivity (Wildman–Crippen MR) is 121 cm³/mol. The molecular formula is C22H21NO5S2. The zero-order valence-corrected chi connectivity index (χ0v) is 18.2. The van der Waals surface area contributed by atoms with Crippen LogP contribution in [0.15, 0.2) is 53.4 Å². The summed E-state index contributed by atoms with van der Waals surface area (Å²) in [4.78, 5) is 25.3. The van der Waals surface area contributed by atoms with Crippen molar-refractivity contribution in [1.82, 2.24) is 4.90 Å². The van der Waals surface area contributed by atoms with Gasteiger partial charge in [0.2, 0.25) is 0 Å². The first kappa shape index (κ1) is 21.9. The molecule has 1 aliphatic rings. The van der Waals surface area contributed by atoms with E-state index < -0.39 is 17.9 Å². The van der Waals surface area contributed by atoms with Crippen LogP contribution in [0.25, 0.3) is 6.08 Å². The number of carbonyl (C=O) groups excluding carboxylic acids is 1. The molecule has 0 aliphatic carbocycles. The van der Waals surface area contributed by atoms with Crippen LogP contribution in [0.3, 0.4) is 0 Å². The van der Waals surface area contributed by atoms with Crippen molar-refractivity contribution in [2.24, 2.45) is 0 Å². The van der Waals surface area contributed by atoms with Gasteiger partial charge >= 0.3 is 5.97 Å². The van der Waals surface area contributed by atoms with Gasteiger partial charge in [0.15, 0.2) is 11.5 Å². The molecule has 6 nitrogen and oxygen atoms in total. The number of thiocarbonyl (C=S) groups is 1. The van der Waals surface area contributed by atoms with E-state index in [1.165, 1.54) is 12.5 Å². The number of thioether (sulfide) groups is 1. The van der Waals surface area contributed by atoms with Crippen molar-refractivity contribution in [3.05, 3.63) is 64.6 Å². The number of carboxylic acid groups (broad SMARTS) is 1. The van der Waals surface area contributed by atoms with E-state index in [4.69, 9.17) is 21.7 Å². The first-order chi connectivity index (χ1) is 14.4. The standard InChI is InChI=1S/C22H21NO5S2/c1-14(21(25)26)23-20(24)19(30-22(23)29)13-16-8-9-17(18(12-16)27-2)28-11-10-15-6-4-3-5-7-15/h3-9,12-14H,10-11H2,1-2H3,(H,25,26)/b19-13-/t14-/m0/s1. The summed E-state index contributed by atoms with van der Waals surface area (Å²) in [6, 6.07) is 14.4. The maximum absolute atomic E-state index is 12.6. The summed E-state index contributed by atoms with van der Waals surface area (Å²) in [6.07, 6.45) is 2.44. The van der Waals surface area contributed by atoms with Gasteiger partial charge in [-0.25, -0.2) is 4.79 Å². The topological polar surface area (TPSA) is 76.1 Å². The lowest BCUT2D eigenvalue weighted by molar-refractivity contribution is -0.144. The molecule has 0 saturated carbocycles. The molecule has 2 aromatic carbocycles. The Labute approximate surface area is 184 Å². The van der Waals surface area contributed by atoms with Gasteiger partial charge in [0, 0.05) is 6.42 Å². The number of rotatable bonds is 8. The molecule has 1 fully saturated rings. The Hall–Kier alpha value is -2.84. The Morgan fingerprint density at radius 3 is 2.63 bits per heavy atom. The molecule has 30 heavy (non-hydrogen) atoms. The molecule has 1 aliphatic heterocycles. The van der Waals surface area contributed by atoms with E-state index in [2.05, 4.69) is 0 Å². The maximum Gasteiger partial charge on any atom is 0.326 e. The van der Waals surface area contributed by atoms with Gasteiger partial charge < -0.3 is 14.6 Å². The smallest absolute Gasteiger partial charge is 0.326 e. The van der Waals surface area contributed by atoms with Crippen molar-refractivity contribution < 1.29 is 24.2 Å². The lowest BCUT2D eigenvalue weighted by Gasteiger charge is -2.18. The summed E-state index contributed by atoms with van der Waals surface area (Å²) < 4.78 is 11.5. The molecule has 0 bridgehead atoms. The van der Waals surface area contributed by atoms with Crippen LogP contribution in [-0.2, 0) is 16.0 Å². The van der Waals surface area contributed by atoms with Gasteiger partial charge in [-0.05, 0) is 36.3 Å². The fraction of sp³-hybridized carbons (Fsp3) is 0.227. The Bertz CT molecular complexity index is 990. The summed E-state index contributed by atoms with van der Waals surface area (Å²) in [5.41, 5.74) is 1.91. The second-order valence-corrected chi connectivity index (χ2v) is 8.24. The Morgan fingerprint density at radius 1 is 1.23 bits per heavy atom. The van der Waals surface area contributed by atoms with Gasteiger partial charge in [-0.2, -0.15) is 0 Å². The zero-order valence-electron chi connectivity index (χ0n) is 16.5. The van der Waals surface area contributed by atoms with E-state index in [9.17, 15) is 14.7 Å². The Balaban J connectivity index is 1.72. The van der Waals surface area contributed by atoms with Crippen LogP contribution in [0, 0.1) is 0 Å². The average molecular weight is 444 g/mol. The van der Waals surface area contributed by atoms with E-state index >= 15 is 0 Å². The fourth-order valence-electron chi connectivity index (χ4n) is 2.89. The van der Waals surface area contributed by atoms with Crippen molar-refractivity contribution in [1.29, 1.82) is 0 Å². The highest BCUT2D eigenvalue weighted by atomic mass is 32.2. The minimum absolute atomic E-state index is 0.231. The molecule has 8 heteroatoms. The number of ether oxygens (including phenoxy) is 2. The van der Waals surface area contributed by atoms with Crippen molar-refractivity contribution in [3.8, 4) is 11.5 Å². The van der Waals surface area contributed by atoms with Crippen LogP contribution >= 0.6 is 24.0 Å². The lowest BCUT2D eigenvalue weighted by Crippen LogP contribution is -2.41. The number of amides is 1. The largest absolute Gasteiger partial charge is 0.493 e. The number of aliphatic carboxylic acids is 1. The molecule has 1 amide bonds. The minimum Gasteiger partial charge on any atom is -0.493 e. The van der Waals surface area contributed by atoms with Crippen LogP contribution < -0.4 is 9.47 Å². The van der Waals surface area contributed by atoms with Crippen molar-refractivity contribution in [2.45, 2.75) is 19.4 Å². The summed E-state index contributed by atoms with van der Waals surface area (Å²) in [6.45, 7) is 1.94. The minimum atomic E-state index is -1.11. The van der Waals surface area contributed by atoms with Crippen molar-refractivity contribution in [3.63, 3.8) is 0 Å². The van der Waals surface area contributed by atoms with Gasteiger partial charge in [0.1, 0.15) is 10.4 Å². The molecule has 1 N–H and O–H groups in total. The number of nitrogens with zero attached hydrogens (tertiary/aromatic N) is 1. The number of benzene rings is 2. The van der Waals surface area contributed by atoms with Gasteiger partial charge in [-0.15, -0.1) is 0 Å². The molecule has 1 heterocycles. The van der Waals surface area contributed by atoms with E-state index in [1.54, 1.807) is 25.3 Å². The van der Waals surface area contributed by atoms with E-state index in [0.717, 1.165) is 28.6 Å². The highest BCUT2D eigenvalue weighted by molar-refractivity contribution is 8.26. The summed E-state index contributed by atoms with van der Waals surface area (Å²) in [7, 11) is 1.55. The van der Waals surface area contributed by atoms with E-state index in [0.29, 0.717) is 23.0 Å². The van der Waals surface area contributed by atoms with Gasteiger partial charge in [0.05, 0.1) is 18.6 Å². The third-order valence-corrected chi connectivity index (χ3v) is 5.88. The number of carboxylic acids is 1. The van der Waals surface area contributed by atoms with Gasteiger partial charge in [-0.3, -0.25) is 9.69 Å². The molecule has 156 valence electrons. The second-order valence-electron chi connectivity index (χ2n) is 6.56. The number of carbonyl (C=O) groups is 2. The molecule has 0 aromatic heterocycles. The van der Waals surface area contributed by atoms with Gasteiger partial charge in [0.25, 0.3) is 5.91 Å². The van der Waals surface area contributed by atoms with Crippen LogP contribution in [0.2, 0.25) is 0 Å². The molecule has 0 unspecified atom stereocenters. The predicted octanol–water partition coefficient (Wildman–Crippen LogP) is 3.99. The Morgan fingerprint density at radius 2 is 1.97 bits per heavy atom. The molecule has 0 radical (unpaired) electrons. The van der Waals surface area contributed by atoms with Crippen LogP contribution in [0.5, 0.6) is 11.5 Å². The normalized spacial score (nSPS) is 16.1. The first-order valence-corrected chi connectivity index (χ1v) is 10.5. The Kier molecular flexibility index (Phi) is 7.12. The quantitative estimate of drug-likeness (QED) is 0.488. The van der Waals surface area contributed by atoms with Crippen LogP contribution in [-0.4, -0.2) is 46.0 Å². The van der Waals surface area contributed by atoms with Crippen molar-refractivity contribution in [2.75, 3.05) is 13.7 Å². The van der Waals surface area contributed by atoms with Gasteiger partial charge in [-0.1, -0.05) is 60.4 Å². The highest BCUT2D eigenvalue weighted by Gasteiger charge is 2.38. The highest BCUT2D eigenvalue weighted by Crippen LogP contribution is 2.35. The maximum atomic E-state index is 12.6. The molecule has 1 saturated heterocycles. The number of hydrogen-bond acceptors (Lipinski definition) is 6. The van der Waals surface area contributed by atoms with E-state index in [1.807, 2.05) is 36.4 Å².